The lowest BCUT2D eigenvalue weighted by molar-refractivity contribution is 0.304. The second kappa shape index (κ2) is 7.12. The summed E-state index contributed by atoms with van der Waals surface area (Å²) in [5, 5.41) is 8.87. The van der Waals surface area contributed by atoms with Gasteiger partial charge in [-0.3, -0.25) is 0 Å². The van der Waals surface area contributed by atoms with E-state index in [1.165, 1.54) is 12.1 Å². The average molecular weight is 305 g/mol. The van der Waals surface area contributed by atoms with Gasteiger partial charge in [-0.15, -0.1) is 0 Å². The zero-order chi connectivity index (χ0) is 15.2. The predicted molar refractivity (Wildman–Crippen MR) is 80.9 cm³/mol. The van der Waals surface area contributed by atoms with E-state index in [1.807, 2.05) is 25.1 Å². The molecule has 1 N–H and O–H groups in total. The fourth-order valence-corrected chi connectivity index (χ4v) is 1.91. The van der Waals surface area contributed by atoms with Crippen molar-refractivity contribution in [2.45, 2.75) is 13.5 Å². The SMILES string of the molecule is Cc1ccc(OCc2ccc(Cl)c(F)c2)c(C#CCO)c1. The third-order valence-electron chi connectivity index (χ3n) is 2.82. The molecule has 2 nitrogen and oxygen atoms in total. The van der Waals surface area contributed by atoms with Crippen molar-refractivity contribution in [2.75, 3.05) is 6.61 Å². The molecule has 0 saturated heterocycles. The molecule has 0 saturated carbocycles. The first-order valence-corrected chi connectivity index (χ1v) is 6.75. The molecule has 0 aromatic heterocycles. The maximum absolute atomic E-state index is 13.4. The molecule has 0 unspecified atom stereocenters. The topological polar surface area (TPSA) is 29.5 Å². The van der Waals surface area contributed by atoms with Crippen LogP contribution in [0.2, 0.25) is 5.02 Å². The number of aliphatic hydroxyl groups excluding tert-OH is 1. The number of halogens is 2. The van der Waals surface area contributed by atoms with Crippen molar-refractivity contribution in [1.29, 1.82) is 0 Å². The Morgan fingerprint density at radius 2 is 2.05 bits per heavy atom. The molecule has 0 amide bonds. The van der Waals surface area contributed by atoms with Gasteiger partial charge in [0.05, 0.1) is 10.6 Å². The summed E-state index contributed by atoms with van der Waals surface area (Å²) in [6.45, 7) is 1.95. The Kier molecular flexibility index (Phi) is 5.21. The molecule has 0 aliphatic heterocycles. The van der Waals surface area contributed by atoms with Crippen molar-refractivity contribution in [2.24, 2.45) is 0 Å². The molecule has 21 heavy (non-hydrogen) atoms. The van der Waals surface area contributed by atoms with E-state index in [9.17, 15) is 4.39 Å². The van der Waals surface area contributed by atoms with Crippen LogP contribution in [0.3, 0.4) is 0 Å². The van der Waals surface area contributed by atoms with Crippen molar-refractivity contribution >= 4 is 11.6 Å². The molecule has 0 fully saturated rings. The maximum atomic E-state index is 13.4. The number of benzene rings is 2. The van der Waals surface area contributed by atoms with E-state index in [4.69, 9.17) is 21.4 Å². The normalized spacial score (nSPS) is 9.90. The van der Waals surface area contributed by atoms with Gasteiger partial charge in [-0.25, -0.2) is 4.39 Å². The number of ether oxygens (including phenoxy) is 1. The molecule has 4 heteroatoms. The molecule has 0 spiro atoms. The van der Waals surface area contributed by atoms with Crippen LogP contribution in [-0.2, 0) is 6.61 Å². The first kappa shape index (κ1) is 15.4. The predicted octanol–water partition coefficient (Wildman–Crippen LogP) is 3.71. The zero-order valence-corrected chi connectivity index (χ0v) is 12.2. The summed E-state index contributed by atoms with van der Waals surface area (Å²) in [5.74, 6) is 5.56. The van der Waals surface area contributed by atoms with E-state index in [0.717, 1.165) is 5.56 Å². The summed E-state index contributed by atoms with van der Waals surface area (Å²) in [7, 11) is 0. The van der Waals surface area contributed by atoms with Gasteiger partial charge in [0, 0.05) is 0 Å². The highest BCUT2D eigenvalue weighted by atomic mass is 35.5. The number of aryl methyl sites for hydroxylation is 1. The van der Waals surface area contributed by atoms with Crippen LogP contribution in [0.1, 0.15) is 16.7 Å². The van der Waals surface area contributed by atoms with Crippen LogP contribution in [0, 0.1) is 24.6 Å². The Hall–Kier alpha value is -2.02. The number of hydrogen-bond acceptors (Lipinski definition) is 2. The fourth-order valence-electron chi connectivity index (χ4n) is 1.79. The lowest BCUT2D eigenvalue weighted by Crippen LogP contribution is -1.98. The fraction of sp³-hybridized carbons (Fsp3) is 0.176. The lowest BCUT2D eigenvalue weighted by Gasteiger charge is -2.09. The maximum Gasteiger partial charge on any atom is 0.142 e. The van der Waals surface area contributed by atoms with Gasteiger partial charge in [0.1, 0.15) is 24.8 Å². The highest BCUT2D eigenvalue weighted by molar-refractivity contribution is 6.30. The molecule has 0 bridgehead atoms. The number of hydrogen-bond donors (Lipinski definition) is 1. The third kappa shape index (κ3) is 4.22. The molecule has 0 heterocycles. The molecule has 0 atom stereocenters. The molecule has 0 aliphatic rings. The van der Waals surface area contributed by atoms with Crippen LogP contribution in [0.4, 0.5) is 4.39 Å². The van der Waals surface area contributed by atoms with Crippen LogP contribution in [0.15, 0.2) is 36.4 Å². The Labute approximate surface area is 128 Å². The van der Waals surface area contributed by atoms with E-state index in [2.05, 4.69) is 11.8 Å². The second-order valence-electron chi connectivity index (χ2n) is 4.50. The van der Waals surface area contributed by atoms with E-state index in [-0.39, 0.29) is 18.2 Å². The summed E-state index contributed by atoms with van der Waals surface area (Å²) >= 11 is 5.64. The standard InChI is InChI=1S/C17H14ClFO2/c1-12-4-7-17(14(9-12)3-2-8-20)21-11-13-5-6-15(18)16(19)10-13/h4-7,9-10,20H,8,11H2,1H3. The summed E-state index contributed by atoms with van der Waals surface area (Å²) in [5.41, 5.74) is 2.42. The van der Waals surface area contributed by atoms with Crippen LogP contribution in [0.5, 0.6) is 5.75 Å². The quantitative estimate of drug-likeness (QED) is 0.876. The van der Waals surface area contributed by atoms with Gasteiger partial charge in [0.2, 0.25) is 0 Å². The van der Waals surface area contributed by atoms with Crippen LogP contribution >= 0.6 is 11.6 Å². The minimum absolute atomic E-state index is 0.0867. The molecular formula is C17H14ClFO2. The van der Waals surface area contributed by atoms with Gasteiger partial charge >= 0.3 is 0 Å². The first-order chi connectivity index (χ1) is 10.1. The number of rotatable bonds is 3. The second-order valence-corrected chi connectivity index (χ2v) is 4.90. The minimum Gasteiger partial charge on any atom is -0.488 e. The molecule has 2 aromatic rings. The molecule has 2 rings (SSSR count). The monoisotopic (exact) mass is 304 g/mol. The van der Waals surface area contributed by atoms with Crippen molar-refractivity contribution in [3.05, 3.63) is 63.9 Å². The Bertz CT molecular complexity index is 702. The van der Waals surface area contributed by atoms with Gasteiger partial charge in [-0.1, -0.05) is 35.6 Å². The number of aliphatic hydroxyl groups is 1. The zero-order valence-electron chi connectivity index (χ0n) is 11.5. The van der Waals surface area contributed by atoms with E-state index >= 15 is 0 Å². The van der Waals surface area contributed by atoms with Crippen molar-refractivity contribution < 1.29 is 14.2 Å². The molecule has 0 aliphatic carbocycles. The average Bonchev–Trinajstić information content (AvgIpc) is 2.47. The molecule has 0 radical (unpaired) electrons. The van der Waals surface area contributed by atoms with Crippen LogP contribution in [-0.4, -0.2) is 11.7 Å². The van der Waals surface area contributed by atoms with E-state index in [1.54, 1.807) is 6.07 Å². The Morgan fingerprint density at radius 1 is 1.24 bits per heavy atom. The summed E-state index contributed by atoms with van der Waals surface area (Å²) in [6.07, 6.45) is 0. The van der Waals surface area contributed by atoms with Gasteiger partial charge < -0.3 is 9.84 Å². The third-order valence-corrected chi connectivity index (χ3v) is 3.12. The van der Waals surface area contributed by atoms with Gasteiger partial charge in [0.15, 0.2) is 0 Å². The van der Waals surface area contributed by atoms with Crippen molar-refractivity contribution in [1.82, 2.24) is 0 Å². The first-order valence-electron chi connectivity index (χ1n) is 6.37. The highest BCUT2D eigenvalue weighted by Gasteiger charge is 2.05. The van der Waals surface area contributed by atoms with Gasteiger partial charge in [0.25, 0.3) is 0 Å². The summed E-state index contributed by atoms with van der Waals surface area (Å²) < 4.78 is 19.0. The van der Waals surface area contributed by atoms with Gasteiger partial charge in [-0.05, 0) is 42.3 Å². The minimum atomic E-state index is -0.470. The highest BCUT2D eigenvalue weighted by Crippen LogP contribution is 2.21. The van der Waals surface area contributed by atoms with Crippen molar-refractivity contribution in [3.8, 4) is 17.6 Å². The lowest BCUT2D eigenvalue weighted by atomic mass is 10.1. The molecule has 108 valence electrons. The van der Waals surface area contributed by atoms with Gasteiger partial charge in [-0.2, -0.15) is 0 Å². The smallest absolute Gasteiger partial charge is 0.142 e. The summed E-state index contributed by atoms with van der Waals surface area (Å²) in [6, 6.07) is 10.1. The Morgan fingerprint density at radius 3 is 2.76 bits per heavy atom. The van der Waals surface area contributed by atoms with Crippen LogP contribution < -0.4 is 4.74 Å². The van der Waals surface area contributed by atoms with Crippen LogP contribution in [0.25, 0.3) is 0 Å². The Balaban J connectivity index is 2.17. The largest absolute Gasteiger partial charge is 0.488 e. The summed E-state index contributed by atoms with van der Waals surface area (Å²) in [4.78, 5) is 0. The molecular weight excluding hydrogens is 291 g/mol. The van der Waals surface area contributed by atoms with E-state index in [0.29, 0.717) is 16.9 Å². The van der Waals surface area contributed by atoms with E-state index < -0.39 is 5.82 Å². The molecule has 2 aromatic carbocycles. The van der Waals surface area contributed by atoms with Crippen molar-refractivity contribution in [3.63, 3.8) is 0 Å².